The van der Waals surface area contributed by atoms with E-state index in [1.165, 1.54) is 18.3 Å². The first-order chi connectivity index (χ1) is 21.6. The van der Waals surface area contributed by atoms with Gasteiger partial charge in [0.2, 0.25) is 0 Å². The third-order valence-corrected chi connectivity index (χ3v) is 10.8. The van der Waals surface area contributed by atoms with Gasteiger partial charge in [-0.3, -0.25) is 0 Å². The number of rotatable bonds is 9. The highest BCUT2D eigenvalue weighted by atomic mass is 16.3. The number of aromatic hydroxyl groups is 4. The number of phenols is 4. The molecule has 0 amide bonds. The van der Waals surface area contributed by atoms with E-state index in [1.54, 1.807) is 55.7 Å². The number of fused-ring (bicyclic) bond motifs is 1. The molecule has 0 saturated heterocycles. The Bertz CT molecular complexity index is 1460. The van der Waals surface area contributed by atoms with Gasteiger partial charge >= 0.3 is 0 Å². The molecule has 0 heterocycles. The van der Waals surface area contributed by atoms with Crippen molar-refractivity contribution in [2.45, 2.75) is 96.3 Å². The molecular formula is C41H50O4. The topological polar surface area (TPSA) is 80.9 Å². The van der Waals surface area contributed by atoms with E-state index in [1.807, 2.05) is 36.4 Å². The third-order valence-electron chi connectivity index (χ3n) is 10.8. The van der Waals surface area contributed by atoms with E-state index >= 15 is 0 Å². The van der Waals surface area contributed by atoms with Crippen molar-refractivity contribution >= 4 is 0 Å². The molecule has 238 valence electrons. The fourth-order valence-electron chi connectivity index (χ4n) is 7.34. The minimum Gasteiger partial charge on any atom is -0.508 e. The Morgan fingerprint density at radius 2 is 1.02 bits per heavy atom. The summed E-state index contributed by atoms with van der Waals surface area (Å²) in [5.74, 6) is 3.50. The first-order valence-corrected chi connectivity index (χ1v) is 16.8. The molecule has 4 N–H and O–H groups in total. The predicted octanol–water partition coefficient (Wildman–Crippen LogP) is 10.5. The third kappa shape index (κ3) is 6.85. The summed E-state index contributed by atoms with van der Waals surface area (Å²) in [5.41, 5.74) is 5.20. The molecule has 2 fully saturated rings. The first-order valence-electron chi connectivity index (χ1n) is 16.8. The Morgan fingerprint density at radius 3 is 1.33 bits per heavy atom. The fraction of sp³-hybridized carbons (Fsp3) is 0.415. The quantitative estimate of drug-likeness (QED) is 0.153. The number of hydrogen-bond acceptors (Lipinski definition) is 4. The van der Waals surface area contributed by atoms with Crippen molar-refractivity contribution in [3.05, 3.63) is 118 Å². The average Bonchev–Trinajstić information content (AvgIpc) is 3.65. The summed E-state index contributed by atoms with van der Waals surface area (Å²) in [6, 6.07) is 26.4. The molecular weight excluding hydrogens is 556 g/mol. The molecule has 4 nitrogen and oxygen atoms in total. The van der Waals surface area contributed by atoms with Crippen molar-refractivity contribution in [1.82, 2.24) is 0 Å². The molecule has 6 rings (SSSR count). The molecule has 2 aliphatic carbocycles. The van der Waals surface area contributed by atoms with Gasteiger partial charge in [-0.15, -0.1) is 0 Å². The number of phenolic OH excluding ortho intramolecular Hbond substituents is 4. The van der Waals surface area contributed by atoms with Crippen molar-refractivity contribution in [3.63, 3.8) is 0 Å². The van der Waals surface area contributed by atoms with Crippen molar-refractivity contribution in [3.8, 4) is 23.0 Å². The maximum absolute atomic E-state index is 10.8. The van der Waals surface area contributed by atoms with Crippen LogP contribution in [-0.4, -0.2) is 20.4 Å². The molecule has 45 heavy (non-hydrogen) atoms. The van der Waals surface area contributed by atoms with Gasteiger partial charge in [-0.25, -0.2) is 0 Å². The van der Waals surface area contributed by atoms with Crippen molar-refractivity contribution in [2.75, 3.05) is 0 Å². The molecule has 4 heteroatoms. The predicted molar refractivity (Wildman–Crippen MR) is 184 cm³/mol. The molecule has 2 aliphatic rings. The normalized spacial score (nSPS) is 19.6. The Hall–Kier alpha value is -3.92. The second kappa shape index (κ2) is 13.6. The van der Waals surface area contributed by atoms with Gasteiger partial charge in [-0.1, -0.05) is 102 Å². The smallest absolute Gasteiger partial charge is 0.119 e. The summed E-state index contributed by atoms with van der Waals surface area (Å²) in [6.45, 7) is 10.7. The van der Waals surface area contributed by atoms with Gasteiger partial charge in [-0.05, 0) is 113 Å². The second-order valence-electron chi connectivity index (χ2n) is 13.7. The SMILES string of the molecule is C1CC2CC2C1.CCC(C)c1cc(C(C)(c2ccc(O)c(C(C)CC)c2)C(c2ccc(O)cc2)c2ccc(O)cc2)ccc1O. The minimum absolute atomic E-state index is 0.172. The van der Waals surface area contributed by atoms with E-state index in [2.05, 4.69) is 46.8 Å². The lowest BCUT2D eigenvalue weighted by molar-refractivity contribution is 0.452. The lowest BCUT2D eigenvalue weighted by Crippen LogP contribution is -2.33. The molecule has 0 aliphatic heterocycles. The van der Waals surface area contributed by atoms with Gasteiger partial charge in [0.05, 0.1) is 0 Å². The summed E-state index contributed by atoms with van der Waals surface area (Å²) >= 11 is 0. The van der Waals surface area contributed by atoms with Gasteiger partial charge in [0.1, 0.15) is 23.0 Å². The maximum Gasteiger partial charge on any atom is 0.119 e. The van der Waals surface area contributed by atoms with Crippen LogP contribution < -0.4 is 0 Å². The molecule has 2 saturated carbocycles. The Kier molecular flexibility index (Phi) is 9.82. The molecule has 0 spiro atoms. The van der Waals surface area contributed by atoms with Crippen LogP contribution in [0.4, 0.5) is 0 Å². The zero-order valence-corrected chi connectivity index (χ0v) is 27.5. The van der Waals surface area contributed by atoms with Gasteiger partial charge in [0.15, 0.2) is 0 Å². The van der Waals surface area contributed by atoms with E-state index < -0.39 is 5.41 Å². The van der Waals surface area contributed by atoms with Crippen LogP contribution in [-0.2, 0) is 5.41 Å². The summed E-state index contributed by atoms with van der Waals surface area (Å²) in [4.78, 5) is 0. The summed E-state index contributed by atoms with van der Waals surface area (Å²) in [6.07, 6.45) is 8.03. The number of benzene rings is 4. The first kappa shape index (κ1) is 32.5. The lowest BCUT2D eigenvalue weighted by atomic mass is 9.62. The molecule has 0 bridgehead atoms. The van der Waals surface area contributed by atoms with Crippen molar-refractivity contribution in [1.29, 1.82) is 0 Å². The summed E-state index contributed by atoms with van der Waals surface area (Å²) in [5, 5.41) is 41.8. The standard InChI is InChI=1S/C35H40O4.C6H10/c1-6-22(3)30-20-26(12-18-32(30)38)35(5,27-13-19-33(39)31(21-27)23(4)7-2)34(24-8-14-28(36)15-9-24)25-10-16-29(37)17-11-25;1-2-5-4-6(5)3-1/h8-23,34,36-39H,6-7H2,1-5H3;5-6H,1-4H2. The van der Waals surface area contributed by atoms with Crippen molar-refractivity contribution < 1.29 is 20.4 Å². The maximum atomic E-state index is 10.8. The van der Waals surface area contributed by atoms with Gasteiger partial charge in [0.25, 0.3) is 0 Å². The molecule has 0 aromatic heterocycles. The second-order valence-corrected chi connectivity index (χ2v) is 13.7. The van der Waals surface area contributed by atoms with Crippen LogP contribution in [0.25, 0.3) is 0 Å². The lowest BCUT2D eigenvalue weighted by Gasteiger charge is -2.41. The van der Waals surface area contributed by atoms with Crippen molar-refractivity contribution in [2.24, 2.45) is 11.8 Å². The molecule has 4 unspecified atom stereocenters. The van der Waals surface area contributed by atoms with E-state index in [-0.39, 0.29) is 40.8 Å². The van der Waals surface area contributed by atoms with Crippen LogP contribution in [0, 0.1) is 11.8 Å². The highest BCUT2D eigenvalue weighted by molar-refractivity contribution is 5.55. The Labute approximate surface area is 269 Å². The highest BCUT2D eigenvalue weighted by Gasteiger charge is 2.41. The van der Waals surface area contributed by atoms with Crippen LogP contribution in [0.15, 0.2) is 84.9 Å². The number of hydrogen-bond donors (Lipinski definition) is 4. The molecule has 4 aromatic carbocycles. The van der Waals surface area contributed by atoms with E-state index in [0.717, 1.165) is 46.2 Å². The van der Waals surface area contributed by atoms with Crippen LogP contribution in [0.1, 0.15) is 124 Å². The van der Waals surface area contributed by atoms with Crippen LogP contribution in [0.3, 0.4) is 0 Å². The highest BCUT2D eigenvalue weighted by Crippen LogP contribution is 2.52. The zero-order chi connectivity index (χ0) is 32.3. The van der Waals surface area contributed by atoms with Gasteiger partial charge in [0, 0.05) is 11.3 Å². The Balaban J connectivity index is 0.000000586. The van der Waals surface area contributed by atoms with Crippen LogP contribution in [0.5, 0.6) is 23.0 Å². The van der Waals surface area contributed by atoms with Crippen LogP contribution in [0.2, 0.25) is 0 Å². The van der Waals surface area contributed by atoms with Crippen LogP contribution >= 0.6 is 0 Å². The molecule has 0 radical (unpaired) electrons. The Morgan fingerprint density at radius 1 is 0.622 bits per heavy atom. The molecule has 4 atom stereocenters. The summed E-state index contributed by atoms with van der Waals surface area (Å²) in [7, 11) is 0. The zero-order valence-electron chi connectivity index (χ0n) is 27.5. The van der Waals surface area contributed by atoms with E-state index in [9.17, 15) is 20.4 Å². The summed E-state index contributed by atoms with van der Waals surface area (Å²) < 4.78 is 0. The fourth-order valence-corrected chi connectivity index (χ4v) is 7.34. The van der Waals surface area contributed by atoms with E-state index in [0.29, 0.717) is 0 Å². The van der Waals surface area contributed by atoms with E-state index in [4.69, 9.17) is 0 Å². The minimum atomic E-state index is -0.653. The van der Waals surface area contributed by atoms with Gasteiger partial charge in [-0.2, -0.15) is 0 Å². The van der Waals surface area contributed by atoms with Gasteiger partial charge < -0.3 is 20.4 Å². The monoisotopic (exact) mass is 606 g/mol. The largest absolute Gasteiger partial charge is 0.508 e. The average molecular weight is 607 g/mol. The molecule has 4 aromatic rings.